The summed E-state index contributed by atoms with van der Waals surface area (Å²) < 4.78 is 11.3. The number of ether oxygens (including phenoxy) is 1. The Kier molecular flexibility index (Phi) is 7.82. The molecule has 7 heteroatoms. The van der Waals surface area contributed by atoms with Crippen molar-refractivity contribution in [3.63, 3.8) is 0 Å². The summed E-state index contributed by atoms with van der Waals surface area (Å²) >= 11 is 0. The van der Waals surface area contributed by atoms with Crippen molar-refractivity contribution in [1.82, 2.24) is 15.5 Å². The second-order valence-corrected chi connectivity index (χ2v) is 8.64. The minimum atomic E-state index is 0.0542. The Hall–Kier alpha value is -2.80. The summed E-state index contributed by atoms with van der Waals surface area (Å²) in [5, 5.41) is 6.88. The van der Waals surface area contributed by atoms with E-state index >= 15 is 0 Å². The van der Waals surface area contributed by atoms with Crippen molar-refractivity contribution in [3.8, 4) is 0 Å². The first kappa shape index (κ1) is 22.4. The summed E-state index contributed by atoms with van der Waals surface area (Å²) in [6.07, 6.45) is 6.64. The fourth-order valence-corrected chi connectivity index (χ4v) is 4.58. The van der Waals surface area contributed by atoms with Crippen molar-refractivity contribution >= 4 is 11.9 Å². The molecule has 0 spiro atoms. The zero-order chi connectivity index (χ0) is 22.2. The van der Waals surface area contributed by atoms with Gasteiger partial charge in [0.25, 0.3) is 0 Å². The van der Waals surface area contributed by atoms with Crippen LogP contribution < -0.4 is 10.6 Å². The van der Waals surface area contributed by atoms with Gasteiger partial charge >= 0.3 is 0 Å². The van der Waals surface area contributed by atoms with Crippen LogP contribution in [0.5, 0.6) is 0 Å². The summed E-state index contributed by atoms with van der Waals surface area (Å²) in [5.41, 5.74) is 1.16. The molecule has 2 aliphatic rings. The molecule has 3 atom stereocenters. The van der Waals surface area contributed by atoms with Crippen LogP contribution in [0.15, 0.2) is 58.1 Å². The molecule has 1 aromatic carbocycles. The van der Waals surface area contributed by atoms with E-state index < -0.39 is 0 Å². The summed E-state index contributed by atoms with van der Waals surface area (Å²) in [6.45, 7) is 2.87. The molecule has 1 amide bonds. The average molecular weight is 439 g/mol. The van der Waals surface area contributed by atoms with Gasteiger partial charge in [0.2, 0.25) is 5.91 Å². The quantitative estimate of drug-likeness (QED) is 0.489. The minimum Gasteiger partial charge on any atom is -0.469 e. The predicted molar refractivity (Wildman–Crippen MR) is 124 cm³/mol. The number of aliphatic imine (C=N–C) groups is 1. The molecule has 2 aromatic rings. The lowest BCUT2D eigenvalue weighted by atomic mass is 9.94. The number of amides is 1. The highest BCUT2D eigenvalue weighted by Gasteiger charge is 2.38. The van der Waals surface area contributed by atoms with Crippen LogP contribution in [0.3, 0.4) is 0 Å². The molecular formula is C25H34N4O3. The van der Waals surface area contributed by atoms with Crippen LogP contribution in [-0.4, -0.2) is 56.2 Å². The molecule has 2 fully saturated rings. The van der Waals surface area contributed by atoms with Gasteiger partial charge in [-0.3, -0.25) is 9.79 Å². The van der Waals surface area contributed by atoms with E-state index in [-0.39, 0.29) is 24.0 Å². The molecule has 2 saturated heterocycles. The van der Waals surface area contributed by atoms with Gasteiger partial charge in [0, 0.05) is 52.0 Å². The third kappa shape index (κ3) is 5.91. The highest BCUT2D eigenvalue weighted by molar-refractivity contribution is 5.81. The maximum Gasteiger partial charge on any atom is 0.223 e. The molecule has 0 aliphatic carbocycles. The zero-order valence-electron chi connectivity index (χ0n) is 18.8. The first-order chi connectivity index (χ1) is 15.7. The third-order valence-electron chi connectivity index (χ3n) is 6.33. The van der Waals surface area contributed by atoms with Gasteiger partial charge in [-0.1, -0.05) is 30.3 Å². The number of hydrogen-bond acceptors (Lipinski definition) is 4. The first-order valence-electron chi connectivity index (χ1n) is 11.7. The smallest absolute Gasteiger partial charge is 0.223 e. The topological polar surface area (TPSA) is 79.1 Å². The number of hydrogen-bond donors (Lipinski definition) is 2. The number of nitrogens with one attached hydrogen (secondary N) is 2. The number of benzene rings is 1. The standard InChI is InChI=1S/C25H34N4O3/c1-29-23(30)16-20(24(29)19-8-3-2-4-9-19)17-27-25(26-13-12-21-11-7-15-31-21)28-18-22-10-5-6-14-32-22/h2-4,7-9,11,15,20,22,24H,5-6,10,12-14,16-18H2,1H3,(H2,26,27,28). The largest absolute Gasteiger partial charge is 0.469 e. The molecule has 4 rings (SSSR count). The van der Waals surface area contributed by atoms with E-state index in [1.54, 1.807) is 6.26 Å². The van der Waals surface area contributed by atoms with E-state index in [1.165, 1.54) is 6.42 Å². The zero-order valence-corrected chi connectivity index (χ0v) is 18.8. The van der Waals surface area contributed by atoms with Gasteiger partial charge < -0.3 is 24.7 Å². The van der Waals surface area contributed by atoms with Crippen molar-refractivity contribution in [3.05, 3.63) is 60.1 Å². The Labute approximate surface area is 190 Å². The lowest BCUT2D eigenvalue weighted by Gasteiger charge is -2.25. The maximum absolute atomic E-state index is 12.5. The van der Waals surface area contributed by atoms with E-state index in [0.717, 1.165) is 56.2 Å². The van der Waals surface area contributed by atoms with Crippen molar-refractivity contribution < 1.29 is 13.9 Å². The van der Waals surface area contributed by atoms with Gasteiger partial charge in [-0.05, 0) is 37.0 Å². The molecule has 0 bridgehead atoms. The molecule has 3 heterocycles. The number of rotatable bonds is 8. The maximum atomic E-state index is 12.5. The minimum absolute atomic E-state index is 0.0542. The highest BCUT2D eigenvalue weighted by Crippen LogP contribution is 2.36. The van der Waals surface area contributed by atoms with E-state index in [9.17, 15) is 4.79 Å². The van der Waals surface area contributed by atoms with Crippen molar-refractivity contribution in [2.45, 2.75) is 44.2 Å². The molecule has 1 aromatic heterocycles. The van der Waals surface area contributed by atoms with Crippen molar-refractivity contribution in [2.75, 3.05) is 33.3 Å². The Morgan fingerprint density at radius 1 is 1.16 bits per heavy atom. The van der Waals surface area contributed by atoms with Crippen LogP contribution in [0, 0.1) is 5.92 Å². The Morgan fingerprint density at radius 2 is 2.03 bits per heavy atom. The fourth-order valence-electron chi connectivity index (χ4n) is 4.58. The number of carbonyl (C=O) groups is 1. The Balaban J connectivity index is 1.40. The van der Waals surface area contributed by atoms with Gasteiger partial charge in [0.05, 0.1) is 18.4 Å². The molecule has 7 nitrogen and oxygen atoms in total. The normalized spacial score (nSPS) is 24.0. The summed E-state index contributed by atoms with van der Waals surface area (Å²) in [7, 11) is 1.89. The van der Waals surface area contributed by atoms with Crippen LogP contribution in [0.4, 0.5) is 0 Å². The molecular weight excluding hydrogens is 404 g/mol. The SMILES string of the molecule is CN1C(=O)CC(CN=C(NCCc2ccco2)NCC2CCCCO2)C1c1ccccc1. The van der Waals surface area contributed by atoms with Crippen LogP contribution in [0.2, 0.25) is 0 Å². The van der Waals surface area contributed by atoms with E-state index in [0.29, 0.717) is 13.0 Å². The molecule has 2 aliphatic heterocycles. The third-order valence-corrected chi connectivity index (χ3v) is 6.33. The molecule has 32 heavy (non-hydrogen) atoms. The summed E-state index contributed by atoms with van der Waals surface area (Å²) in [6, 6.07) is 14.2. The van der Waals surface area contributed by atoms with Crippen LogP contribution in [-0.2, 0) is 16.0 Å². The second kappa shape index (κ2) is 11.2. The molecule has 172 valence electrons. The highest BCUT2D eigenvalue weighted by atomic mass is 16.5. The van der Waals surface area contributed by atoms with Crippen molar-refractivity contribution in [1.29, 1.82) is 0 Å². The van der Waals surface area contributed by atoms with Crippen molar-refractivity contribution in [2.24, 2.45) is 10.9 Å². The Morgan fingerprint density at radius 3 is 2.78 bits per heavy atom. The number of likely N-dealkylation sites (tertiary alicyclic amines) is 1. The van der Waals surface area contributed by atoms with Gasteiger partial charge in [-0.15, -0.1) is 0 Å². The lowest BCUT2D eigenvalue weighted by molar-refractivity contribution is -0.127. The van der Waals surface area contributed by atoms with Gasteiger partial charge in [0.15, 0.2) is 5.96 Å². The predicted octanol–water partition coefficient (Wildman–Crippen LogP) is 3.15. The van der Waals surface area contributed by atoms with Crippen LogP contribution in [0.25, 0.3) is 0 Å². The van der Waals surface area contributed by atoms with E-state index in [4.69, 9.17) is 14.1 Å². The molecule has 2 N–H and O–H groups in total. The molecule has 0 radical (unpaired) electrons. The van der Waals surface area contributed by atoms with Gasteiger partial charge in [-0.25, -0.2) is 0 Å². The second-order valence-electron chi connectivity index (χ2n) is 8.64. The Bertz CT molecular complexity index is 863. The molecule has 0 saturated carbocycles. The van der Waals surface area contributed by atoms with E-state index in [1.807, 2.05) is 42.3 Å². The summed E-state index contributed by atoms with van der Waals surface area (Å²) in [4.78, 5) is 19.2. The number of carbonyl (C=O) groups excluding carboxylic acids is 1. The monoisotopic (exact) mass is 438 g/mol. The fraction of sp³-hybridized carbons (Fsp3) is 0.520. The number of guanidine groups is 1. The van der Waals surface area contributed by atoms with Crippen LogP contribution >= 0.6 is 0 Å². The van der Waals surface area contributed by atoms with E-state index in [2.05, 4.69) is 22.8 Å². The average Bonchev–Trinajstić information content (AvgIpc) is 3.44. The molecule has 3 unspecified atom stereocenters. The first-order valence-corrected chi connectivity index (χ1v) is 11.7. The lowest BCUT2D eigenvalue weighted by Crippen LogP contribution is -2.43. The number of furan rings is 1. The van der Waals surface area contributed by atoms with Gasteiger partial charge in [-0.2, -0.15) is 0 Å². The van der Waals surface area contributed by atoms with Gasteiger partial charge in [0.1, 0.15) is 5.76 Å². The van der Waals surface area contributed by atoms with Crippen LogP contribution in [0.1, 0.15) is 43.0 Å². The number of nitrogens with zero attached hydrogens (tertiary/aromatic N) is 2. The summed E-state index contributed by atoms with van der Waals surface area (Å²) in [5.74, 6) is 2.03.